The zero-order valence-electron chi connectivity index (χ0n) is 24.9. The van der Waals surface area contributed by atoms with Crippen molar-refractivity contribution >= 4 is 23.9 Å². The predicted molar refractivity (Wildman–Crippen MR) is 165 cm³/mol. The van der Waals surface area contributed by atoms with Gasteiger partial charge in [-0.3, -0.25) is 9.59 Å². The van der Waals surface area contributed by atoms with Crippen molar-refractivity contribution in [1.29, 1.82) is 0 Å². The average Bonchev–Trinajstić information content (AvgIpc) is 3.06. The molecule has 3 aromatic carbocycles. The Kier molecular flexibility index (Phi) is 12.3. The largest absolute Gasteiger partial charge is 0.467 e. The third kappa shape index (κ3) is 9.95. The summed E-state index contributed by atoms with van der Waals surface area (Å²) in [4.78, 5) is 51.4. The molecule has 1 aliphatic rings. The number of hydrogen-bond acceptors (Lipinski definition) is 7. The van der Waals surface area contributed by atoms with Crippen molar-refractivity contribution in [2.75, 3.05) is 13.7 Å². The van der Waals surface area contributed by atoms with Crippen LogP contribution in [0.2, 0.25) is 0 Å². The molecule has 10 nitrogen and oxygen atoms in total. The Morgan fingerprint density at radius 1 is 0.818 bits per heavy atom. The SMILES string of the molecule is COC(=O)[C@H](CCCCNC(=O)OCc1ccccc1)NC(=O)[C@H](Cc1ccccc1)NC(=O)[C@@H]1Cc2ccccc2CN1. The molecule has 3 atom stereocenters. The van der Waals surface area contributed by atoms with E-state index in [1.54, 1.807) is 0 Å². The Morgan fingerprint density at radius 2 is 1.48 bits per heavy atom. The fraction of sp³-hybridized carbons (Fsp3) is 0.353. The van der Waals surface area contributed by atoms with Gasteiger partial charge in [-0.1, -0.05) is 84.9 Å². The maximum absolute atomic E-state index is 13.5. The van der Waals surface area contributed by atoms with Gasteiger partial charge in [0.05, 0.1) is 13.2 Å². The minimum Gasteiger partial charge on any atom is -0.467 e. The number of hydrogen-bond donors (Lipinski definition) is 4. The Hall–Kier alpha value is -4.70. The maximum atomic E-state index is 13.5. The molecule has 1 heterocycles. The van der Waals surface area contributed by atoms with E-state index in [0.29, 0.717) is 38.8 Å². The number of rotatable bonds is 14. The summed E-state index contributed by atoms with van der Waals surface area (Å²) in [7, 11) is 1.27. The van der Waals surface area contributed by atoms with Gasteiger partial charge in [-0.15, -0.1) is 0 Å². The number of esters is 1. The normalized spacial score (nSPS) is 15.2. The van der Waals surface area contributed by atoms with Crippen LogP contribution in [0.5, 0.6) is 0 Å². The Morgan fingerprint density at radius 3 is 2.18 bits per heavy atom. The first-order valence-electron chi connectivity index (χ1n) is 14.9. The molecule has 0 saturated carbocycles. The van der Waals surface area contributed by atoms with Gasteiger partial charge < -0.3 is 30.7 Å². The Bertz CT molecular complexity index is 1380. The van der Waals surface area contributed by atoms with Crippen molar-refractivity contribution in [2.24, 2.45) is 0 Å². The van der Waals surface area contributed by atoms with Crippen molar-refractivity contribution in [3.8, 4) is 0 Å². The number of methoxy groups -OCH3 is 1. The third-order valence-corrected chi connectivity index (χ3v) is 7.52. The Labute approximate surface area is 257 Å². The van der Waals surface area contributed by atoms with Crippen molar-refractivity contribution in [2.45, 2.75) is 63.4 Å². The number of unbranched alkanes of at least 4 members (excludes halogenated alkanes) is 1. The second-order valence-electron chi connectivity index (χ2n) is 10.7. The fourth-order valence-electron chi connectivity index (χ4n) is 5.07. The van der Waals surface area contributed by atoms with Crippen LogP contribution in [0.25, 0.3) is 0 Å². The van der Waals surface area contributed by atoms with Crippen LogP contribution in [0.1, 0.15) is 41.5 Å². The molecule has 0 saturated heterocycles. The highest BCUT2D eigenvalue weighted by molar-refractivity contribution is 5.92. The first-order chi connectivity index (χ1) is 21.4. The van der Waals surface area contributed by atoms with Gasteiger partial charge in [0.25, 0.3) is 0 Å². The number of carbonyl (C=O) groups is 4. The summed E-state index contributed by atoms with van der Waals surface area (Å²) in [6.07, 6.45) is 1.63. The van der Waals surface area contributed by atoms with E-state index in [4.69, 9.17) is 9.47 Å². The van der Waals surface area contributed by atoms with E-state index in [0.717, 1.165) is 22.3 Å². The van der Waals surface area contributed by atoms with E-state index in [2.05, 4.69) is 21.3 Å². The number of nitrogens with one attached hydrogen (secondary N) is 4. The van der Waals surface area contributed by atoms with Crippen molar-refractivity contribution < 1.29 is 28.7 Å². The minimum atomic E-state index is -0.910. The maximum Gasteiger partial charge on any atom is 0.407 e. The smallest absolute Gasteiger partial charge is 0.407 e. The van der Waals surface area contributed by atoms with Gasteiger partial charge in [0.1, 0.15) is 18.7 Å². The van der Waals surface area contributed by atoms with Gasteiger partial charge in [-0.05, 0) is 47.9 Å². The molecule has 0 spiro atoms. The highest BCUT2D eigenvalue weighted by atomic mass is 16.5. The molecule has 1 aliphatic heterocycles. The van der Waals surface area contributed by atoms with Gasteiger partial charge in [-0.2, -0.15) is 0 Å². The average molecular weight is 601 g/mol. The molecular weight excluding hydrogens is 560 g/mol. The lowest BCUT2D eigenvalue weighted by Crippen LogP contribution is -2.56. The van der Waals surface area contributed by atoms with E-state index < -0.39 is 36.1 Å². The molecule has 4 rings (SSSR count). The number of benzene rings is 3. The van der Waals surface area contributed by atoms with E-state index in [1.165, 1.54) is 7.11 Å². The quantitative estimate of drug-likeness (QED) is 0.165. The van der Waals surface area contributed by atoms with Gasteiger partial charge in [-0.25, -0.2) is 9.59 Å². The van der Waals surface area contributed by atoms with Gasteiger partial charge in [0.2, 0.25) is 11.8 Å². The molecule has 3 amide bonds. The topological polar surface area (TPSA) is 135 Å². The predicted octanol–water partition coefficient (Wildman–Crippen LogP) is 3.18. The summed E-state index contributed by atoms with van der Waals surface area (Å²) in [5.41, 5.74) is 4.01. The van der Waals surface area contributed by atoms with Crippen LogP contribution >= 0.6 is 0 Å². The highest BCUT2D eigenvalue weighted by Gasteiger charge is 2.31. The summed E-state index contributed by atoms with van der Waals surface area (Å²) < 4.78 is 10.2. The molecular formula is C34H40N4O6. The van der Waals surface area contributed by atoms with Crippen LogP contribution < -0.4 is 21.3 Å². The summed E-state index contributed by atoms with van der Waals surface area (Å²) in [6.45, 7) is 1.08. The first-order valence-corrected chi connectivity index (χ1v) is 14.9. The fourth-order valence-corrected chi connectivity index (χ4v) is 5.07. The molecule has 0 bridgehead atoms. The molecule has 0 fully saturated rings. The monoisotopic (exact) mass is 600 g/mol. The zero-order chi connectivity index (χ0) is 31.1. The standard InChI is InChI=1S/C34H40N4O6/c1-43-33(41)28(18-10-11-19-35-34(42)44-23-25-14-6-3-7-15-25)37-32(40)30(20-24-12-4-2-5-13-24)38-31(39)29-21-26-16-8-9-17-27(26)22-36-29/h2-9,12-17,28-30,36H,10-11,18-23H2,1H3,(H,35,42)(H,37,40)(H,38,39)/t28-,29-,30-/m0/s1. The second kappa shape index (κ2) is 16.8. The van der Waals surface area contributed by atoms with Gasteiger partial charge >= 0.3 is 12.1 Å². The van der Waals surface area contributed by atoms with E-state index in [9.17, 15) is 19.2 Å². The minimum absolute atomic E-state index is 0.175. The Balaban J connectivity index is 1.30. The number of ether oxygens (including phenoxy) is 2. The van der Waals surface area contributed by atoms with Gasteiger partial charge in [0, 0.05) is 19.5 Å². The molecule has 0 radical (unpaired) electrons. The third-order valence-electron chi connectivity index (χ3n) is 7.52. The van der Waals surface area contributed by atoms with Crippen LogP contribution in [-0.2, 0) is 49.9 Å². The summed E-state index contributed by atoms with van der Waals surface area (Å²) >= 11 is 0. The van der Waals surface area contributed by atoms with Crippen LogP contribution in [0.15, 0.2) is 84.9 Å². The number of carbonyl (C=O) groups excluding carboxylic acids is 4. The first kappa shape index (κ1) is 32.2. The lowest BCUT2D eigenvalue weighted by Gasteiger charge is -2.28. The van der Waals surface area contributed by atoms with E-state index >= 15 is 0 Å². The van der Waals surface area contributed by atoms with Crippen LogP contribution in [0, 0.1) is 0 Å². The molecule has 0 unspecified atom stereocenters. The summed E-state index contributed by atoms with van der Waals surface area (Å²) in [6, 6.07) is 24.4. The zero-order valence-corrected chi connectivity index (χ0v) is 24.9. The highest BCUT2D eigenvalue weighted by Crippen LogP contribution is 2.17. The van der Waals surface area contributed by atoms with Crippen molar-refractivity contribution in [3.05, 3.63) is 107 Å². The van der Waals surface area contributed by atoms with Crippen molar-refractivity contribution in [3.63, 3.8) is 0 Å². The molecule has 10 heteroatoms. The van der Waals surface area contributed by atoms with Crippen LogP contribution in [0.4, 0.5) is 4.79 Å². The summed E-state index contributed by atoms with van der Waals surface area (Å²) in [5.74, 6) is -1.34. The molecule has 3 aromatic rings. The lowest BCUT2D eigenvalue weighted by molar-refractivity contribution is -0.145. The molecule has 232 valence electrons. The van der Waals surface area contributed by atoms with Crippen molar-refractivity contribution in [1.82, 2.24) is 21.3 Å². The molecule has 44 heavy (non-hydrogen) atoms. The number of fused-ring (bicyclic) bond motifs is 1. The summed E-state index contributed by atoms with van der Waals surface area (Å²) in [5, 5.41) is 11.7. The van der Waals surface area contributed by atoms with Crippen LogP contribution in [0.3, 0.4) is 0 Å². The second-order valence-corrected chi connectivity index (χ2v) is 10.7. The van der Waals surface area contributed by atoms with Gasteiger partial charge in [0.15, 0.2) is 0 Å². The molecule has 0 aliphatic carbocycles. The molecule has 0 aromatic heterocycles. The van der Waals surface area contributed by atoms with E-state index in [1.807, 2.05) is 84.9 Å². The number of alkyl carbamates (subject to hydrolysis) is 1. The number of amides is 3. The van der Waals surface area contributed by atoms with E-state index in [-0.39, 0.29) is 18.9 Å². The molecule has 4 N–H and O–H groups in total. The lowest BCUT2D eigenvalue weighted by atomic mass is 9.95. The van der Waals surface area contributed by atoms with Crippen LogP contribution in [-0.4, -0.2) is 55.7 Å².